The van der Waals surface area contributed by atoms with Gasteiger partial charge in [0.1, 0.15) is 0 Å². The first-order valence-electron chi connectivity index (χ1n) is 9.07. The number of rotatable bonds is 4. The summed E-state index contributed by atoms with van der Waals surface area (Å²) in [5.74, 6) is 1.81. The quantitative estimate of drug-likeness (QED) is 0.498. The summed E-state index contributed by atoms with van der Waals surface area (Å²) in [6.45, 7) is 0.164. The van der Waals surface area contributed by atoms with Crippen LogP contribution < -0.4 is 14.8 Å². The number of benzene rings is 3. The number of carbonyl (C=O) groups excluding carboxylic acids is 1. The van der Waals surface area contributed by atoms with Gasteiger partial charge in [0.05, 0.1) is 0 Å². The lowest BCUT2D eigenvalue weighted by Gasteiger charge is -2.06. The van der Waals surface area contributed by atoms with Gasteiger partial charge in [0, 0.05) is 27.4 Å². The Morgan fingerprint density at radius 2 is 1.63 bits per heavy atom. The molecule has 8 heteroatoms. The molecule has 1 aromatic heterocycles. The van der Waals surface area contributed by atoms with Gasteiger partial charge in [-0.2, -0.15) is 4.98 Å². The number of halogens is 1. The van der Waals surface area contributed by atoms with E-state index in [1.165, 1.54) is 0 Å². The second-order valence-electron chi connectivity index (χ2n) is 6.53. The van der Waals surface area contributed by atoms with Crippen molar-refractivity contribution in [1.82, 2.24) is 10.1 Å². The van der Waals surface area contributed by atoms with E-state index >= 15 is 0 Å². The van der Waals surface area contributed by atoms with Crippen LogP contribution in [0.2, 0.25) is 5.02 Å². The molecule has 148 valence electrons. The van der Waals surface area contributed by atoms with Crippen molar-refractivity contribution < 1.29 is 18.8 Å². The van der Waals surface area contributed by atoms with E-state index in [9.17, 15) is 4.79 Å². The third-order valence-electron chi connectivity index (χ3n) is 4.55. The average Bonchev–Trinajstić information content (AvgIpc) is 3.44. The zero-order valence-electron chi connectivity index (χ0n) is 15.5. The smallest absolute Gasteiger partial charge is 0.258 e. The van der Waals surface area contributed by atoms with E-state index in [0.717, 1.165) is 11.1 Å². The molecule has 30 heavy (non-hydrogen) atoms. The second-order valence-corrected chi connectivity index (χ2v) is 6.97. The number of amides is 1. The van der Waals surface area contributed by atoms with Gasteiger partial charge in [-0.15, -0.1) is 0 Å². The molecule has 0 spiro atoms. The van der Waals surface area contributed by atoms with Crippen LogP contribution in [0.4, 0.5) is 5.69 Å². The van der Waals surface area contributed by atoms with Gasteiger partial charge in [-0.05, 0) is 66.7 Å². The molecule has 1 aliphatic heterocycles. The minimum atomic E-state index is -0.245. The van der Waals surface area contributed by atoms with Crippen molar-refractivity contribution in [1.29, 1.82) is 0 Å². The van der Waals surface area contributed by atoms with E-state index in [2.05, 4.69) is 15.5 Å². The second kappa shape index (κ2) is 7.53. The van der Waals surface area contributed by atoms with E-state index in [1.54, 1.807) is 42.5 Å². The van der Waals surface area contributed by atoms with Crippen molar-refractivity contribution in [3.63, 3.8) is 0 Å². The highest BCUT2D eigenvalue weighted by atomic mass is 35.5. The van der Waals surface area contributed by atoms with Gasteiger partial charge >= 0.3 is 0 Å². The molecule has 1 N–H and O–H groups in total. The number of fused-ring (bicyclic) bond motifs is 1. The van der Waals surface area contributed by atoms with Gasteiger partial charge in [0.15, 0.2) is 11.5 Å². The SMILES string of the molecule is O=C(Nc1ccc(-c2noc(-c3ccc(Cl)cc3)n2)cc1)c1ccc2c(c1)OCO2. The Morgan fingerprint density at radius 1 is 0.900 bits per heavy atom. The first kappa shape index (κ1) is 18.2. The number of nitrogens with one attached hydrogen (secondary N) is 1. The van der Waals surface area contributed by atoms with E-state index in [0.29, 0.717) is 39.5 Å². The maximum Gasteiger partial charge on any atom is 0.258 e. The number of ether oxygens (including phenoxy) is 2. The fourth-order valence-corrected chi connectivity index (χ4v) is 3.12. The molecule has 1 aliphatic rings. The van der Waals surface area contributed by atoms with Crippen molar-refractivity contribution in [3.8, 4) is 34.3 Å². The number of anilines is 1. The van der Waals surface area contributed by atoms with E-state index in [4.69, 9.17) is 25.6 Å². The van der Waals surface area contributed by atoms with Gasteiger partial charge < -0.3 is 19.3 Å². The van der Waals surface area contributed by atoms with Crippen molar-refractivity contribution in [3.05, 3.63) is 77.3 Å². The van der Waals surface area contributed by atoms with E-state index < -0.39 is 0 Å². The highest BCUT2D eigenvalue weighted by Crippen LogP contribution is 2.32. The molecule has 1 amide bonds. The lowest BCUT2D eigenvalue weighted by Crippen LogP contribution is -2.11. The van der Waals surface area contributed by atoms with Crippen LogP contribution in [0.25, 0.3) is 22.8 Å². The summed E-state index contributed by atoms with van der Waals surface area (Å²) in [7, 11) is 0. The minimum Gasteiger partial charge on any atom is -0.454 e. The number of hydrogen-bond acceptors (Lipinski definition) is 6. The van der Waals surface area contributed by atoms with Crippen LogP contribution in [0.1, 0.15) is 10.4 Å². The summed E-state index contributed by atoms with van der Waals surface area (Å²) < 4.78 is 15.9. The number of aromatic nitrogens is 2. The largest absolute Gasteiger partial charge is 0.454 e. The summed E-state index contributed by atoms with van der Waals surface area (Å²) in [4.78, 5) is 16.9. The van der Waals surface area contributed by atoms with Crippen molar-refractivity contribution in [2.45, 2.75) is 0 Å². The Labute approximate surface area is 176 Å². The van der Waals surface area contributed by atoms with Crippen molar-refractivity contribution in [2.75, 3.05) is 12.1 Å². The zero-order valence-corrected chi connectivity index (χ0v) is 16.2. The van der Waals surface area contributed by atoms with Crippen LogP contribution in [-0.4, -0.2) is 22.8 Å². The van der Waals surface area contributed by atoms with Gasteiger partial charge in [-0.3, -0.25) is 4.79 Å². The Hall–Kier alpha value is -3.84. The monoisotopic (exact) mass is 419 g/mol. The topological polar surface area (TPSA) is 86.5 Å². The van der Waals surface area contributed by atoms with E-state index in [-0.39, 0.29) is 12.7 Å². The highest BCUT2D eigenvalue weighted by Gasteiger charge is 2.16. The predicted octanol–water partition coefficient (Wildman–Crippen LogP) is 5.04. The van der Waals surface area contributed by atoms with Crippen LogP contribution in [0.3, 0.4) is 0 Å². The first-order valence-corrected chi connectivity index (χ1v) is 9.44. The number of nitrogens with zero attached hydrogens (tertiary/aromatic N) is 2. The van der Waals surface area contributed by atoms with Gasteiger partial charge in [0.25, 0.3) is 11.8 Å². The Kier molecular flexibility index (Phi) is 4.57. The Bertz CT molecular complexity index is 1220. The molecule has 0 aliphatic carbocycles. The van der Waals surface area contributed by atoms with Gasteiger partial charge in [0.2, 0.25) is 12.6 Å². The summed E-state index contributed by atoms with van der Waals surface area (Å²) in [5.41, 5.74) is 2.67. The fourth-order valence-electron chi connectivity index (χ4n) is 2.99. The lowest BCUT2D eigenvalue weighted by molar-refractivity contribution is 0.102. The molecule has 0 bridgehead atoms. The molecule has 0 saturated heterocycles. The maximum absolute atomic E-state index is 12.5. The molecule has 0 radical (unpaired) electrons. The first-order chi connectivity index (χ1) is 14.7. The molecule has 7 nitrogen and oxygen atoms in total. The lowest BCUT2D eigenvalue weighted by atomic mass is 10.1. The standard InChI is InChI=1S/C22H14ClN3O4/c23-16-6-1-14(2-7-16)22-25-20(26-30-22)13-3-8-17(9-4-13)24-21(27)15-5-10-18-19(11-15)29-12-28-18/h1-11H,12H2,(H,24,27). The molecule has 0 unspecified atom stereocenters. The zero-order chi connectivity index (χ0) is 20.5. The Balaban J connectivity index is 1.30. The molecule has 4 aromatic rings. The van der Waals surface area contributed by atoms with Crippen LogP contribution in [-0.2, 0) is 0 Å². The van der Waals surface area contributed by atoms with Crippen LogP contribution in [0.5, 0.6) is 11.5 Å². The third-order valence-corrected chi connectivity index (χ3v) is 4.80. The summed E-state index contributed by atoms with van der Waals surface area (Å²) >= 11 is 5.91. The predicted molar refractivity (Wildman–Crippen MR) is 111 cm³/mol. The van der Waals surface area contributed by atoms with E-state index in [1.807, 2.05) is 24.3 Å². The minimum absolute atomic E-state index is 0.164. The molecule has 0 atom stereocenters. The maximum atomic E-state index is 12.5. The van der Waals surface area contributed by atoms with Crippen molar-refractivity contribution in [2.24, 2.45) is 0 Å². The Morgan fingerprint density at radius 3 is 2.43 bits per heavy atom. The molecule has 0 fully saturated rings. The van der Waals surface area contributed by atoms with Crippen LogP contribution in [0, 0.1) is 0 Å². The molecule has 0 saturated carbocycles. The summed E-state index contributed by atoms with van der Waals surface area (Å²) in [5, 5.41) is 7.51. The summed E-state index contributed by atoms with van der Waals surface area (Å²) in [6.07, 6.45) is 0. The molecule has 5 rings (SSSR count). The van der Waals surface area contributed by atoms with Gasteiger partial charge in [-0.25, -0.2) is 0 Å². The molecular formula is C22H14ClN3O4. The van der Waals surface area contributed by atoms with Gasteiger partial charge in [-0.1, -0.05) is 16.8 Å². The molecular weight excluding hydrogens is 406 g/mol. The number of hydrogen-bond donors (Lipinski definition) is 1. The number of carbonyl (C=O) groups is 1. The molecule has 3 aromatic carbocycles. The highest BCUT2D eigenvalue weighted by molar-refractivity contribution is 6.30. The fraction of sp³-hybridized carbons (Fsp3) is 0.0455. The average molecular weight is 420 g/mol. The normalized spacial score (nSPS) is 12.0. The van der Waals surface area contributed by atoms with Crippen LogP contribution >= 0.6 is 11.6 Å². The van der Waals surface area contributed by atoms with Crippen LogP contribution in [0.15, 0.2) is 71.3 Å². The molecule has 2 heterocycles. The third kappa shape index (κ3) is 3.58. The summed E-state index contributed by atoms with van der Waals surface area (Å²) in [6, 6.07) is 19.4. The van der Waals surface area contributed by atoms with Crippen molar-refractivity contribution >= 4 is 23.2 Å².